The van der Waals surface area contributed by atoms with Crippen molar-refractivity contribution in [2.75, 3.05) is 47.4 Å². The van der Waals surface area contributed by atoms with Crippen LogP contribution in [0, 0.1) is 13.8 Å². The van der Waals surface area contributed by atoms with Gasteiger partial charge in [-0.1, -0.05) is 41.5 Å². The number of aryl methyl sites for hydroxylation is 2. The molecule has 0 bridgehead atoms. The van der Waals surface area contributed by atoms with E-state index in [2.05, 4.69) is 10.2 Å². The van der Waals surface area contributed by atoms with E-state index in [-0.39, 0.29) is 23.8 Å². The number of carbonyl (C=O) groups is 1. The van der Waals surface area contributed by atoms with Gasteiger partial charge < -0.3 is 15.0 Å². The van der Waals surface area contributed by atoms with Gasteiger partial charge in [0.05, 0.1) is 23.8 Å². The number of morpholine rings is 1. The maximum atomic E-state index is 13.5. The molecule has 1 fully saturated rings. The number of sulfonamides is 1. The molecule has 1 N–H and O–H groups in total. The summed E-state index contributed by atoms with van der Waals surface area (Å²) in [5, 5.41) is 2.92. The van der Waals surface area contributed by atoms with Crippen LogP contribution >= 0.6 is 0 Å². The van der Waals surface area contributed by atoms with Crippen LogP contribution in [0.5, 0.6) is 0 Å². The Labute approximate surface area is 207 Å². The second-order valence-electron chi connectivity index (χ2n) is 8.67. The molecule has 184 valence electrons. The topological polar surface area (TPSA) is 79.0 Å². The molecular weight excluding hydrogens is 462 g/mol. The molecule has 1 aliphatic heterocycles. The highest BCUT2D eigenvalue weighted by atomic mass is 32.2. The van der Waals surface area contributed by atoms with Gasteiger partial charge in [0.15, 0.2) is 0 Å². The molecule has 4 rings (SSSR count). The van der Waals surface area contributed by atoms with Crippen LogP contribution in [0.25, 0.3) is 0 Å². The maximum Gasteiger partial charge on any atom is 0.264 e. The molecule has 35 heavy (non-hydrogen) atoms. The van der Waals surface area contributed by atoms with Crippen molar-refractivity contribution in [1.82, 2.24) is 0 Å². The summed E-state index contributed by atoms with van der Waals surface area (Å²) in [5.74, 6) is -0.250. The van der Waals surface area contributed by atoms with Gasteiger partial charge in [0.1, 0.15) is 0 Å². The number of carbonyl (C=O) groups excluding carboxylic acids is 1. The van der Waals surface area contributed by atoms with E-state index >= 15 is 0 Å². The Balaban J connectivity index is 1.49. The first kappa shape index (κ1) is 24.8. The third-order valence-corrected chi connectivity index (χ3v) is 7.82. The van der Waals surface area contributed by atoms with E-state index in [9.17, 15) is 13.2 Å². The molecule has 3 aromatic carbocycles. The Hall–Kier alpha value is -3.36. The van der Waals surface area contributed by atoms with Gasteiger partial charge in [-0.05, 0) is 56.3 Å². The van der Waals surface area contributed by atoms with Crippen molar-refractivity contribution >= 4 is 33.0 Å². The van der Waals surface area contributed by atoms with E-state index < -0.39 is 10.0 Å². The van der Waals surface area contributed by atoms with E-state index in [1.807, 2.05) is 50.2 Å². The van der Waals surface area contributed by atoms with Gasteiger partial charge in [-0.3, -0.25) is 9.10 Å². The van der Waals surface area contributed by atoms with Gasteiger partial charge in [-0.25, -0.2) is 8.42 Å². The fourth-order valence-corrected chi connectivity index (χ4v) is 5.43. The van der Waals surface area contributed by atoms with Crippen molar-refractivity contribution < 1.29 is 17.9 Å². The molecule has 1 saturated heterocycles. The molecule has 3 aromatic rings. The van der Waals surface area contributed by atoms with E-state index in [0.717, 1.165) is 29.9 Å². The molecule has 1 aliphatic rings. The maximum absolute atomic E-state index is 13.5. The summed E-state index contributed by atoms with van der Waals surface area (Å²) in [6.45, 7) is 6.85. The summed E-state index contributed by atoms with van der Waals surface area (Å²) < 4.78 is 33.7. The van der Waals surface area contributed by atoms with Crippen LogP contribution in [0.1, 0.15) is 17.5 Å². The fraction of sp³-hybridized carbons (Fsp3) is 0.296. The molecule has 0 aliphatic carbocycles. The predicted octanol–water partition coefficient (Wildman–Crippen LogP) is 4.36. The van der Waals surface area contributed by atoms with Crippen LogP contribution in [0.2, 0.25) is 0 Å². The van der Waals surface area contributed by atoms with Gasteiger partial charge in [0, 0.05) is 37.4 Å². The quantitative estimate of drug-likeness (QED) is 0.504. The Morgan fingerprint density at radius 1 is 0.943 bits per heavy atom. The van der Waals surface area contributed by atoms with Gasteiger partial charge in [-0.15, -0.1) is 0 Å². The first-order chi connectivity index (χ1) is 16.8. The third-order valence-electron chi connectivity index (χ3n) is 5.98. The molecule has 0 atom stereocenters. The Morgan fingerprint density at radius 3 is 2.23 bits per heavy atom. The normalized spacial score (nSPS) is 13.9. The Morgan fingerprint density at radius 2 is 1.57 bits per heavy atom. The highest BCUT2D eigenvalue weighted by Crippen LogP contribution is 2.25. The zero-order valence-corrected chi connectivity index (χ0v) is 20.9. The summed E-state index contributed by atoms with van der Waals surface area (Å²) in [5.41, 5.74) is 4.23. The van der Waals surface area contributed by atoms with Crippen LogP contribution in [0.4, 0.5) is 17.1 Å². The van der Waals surface area contributed by atoms with E-state index in [4.69, 9.17) is 4.74 Å². The van der Waals surface area contributed by atoms with Crippen LogP contribution in [0.15, 0.2) is 77.7 Å². The van der Waals surface area contributed by atoms with E-state index in [1.165, 1.54) is 4.31 Å². The van der Waals surface area contributed by atoms with Crippen LogP contribution < -0.4 is 14.5 Å². The van der Waals surface area contributed by atoms with E-state index in [0.29, 0.717) is 24.6 Å². The summed E-state index contributed by atoms with van der Waals surface area (Å²) >= 11 is 0. The van der Waals surface area contributed by atoms with Gasteiger partial charge in [0.2, 0.25) is 5.91 Å². The minimum Gasteiger partial charge on any atom is -0.378 e. The van der Waals surface area contributed by atoms with Crippen molar-refractivity contribution in [2.45, 2.75) is 25.2 Å². The summed E-state index contributed by atoms with van der Waals surface area (Å²) in [7, 11) is -3.84. The van der Waals surface area contributed by atoms with Crippen molar-refractivity contribution in [2.24, 2.45) is 0 Å². The second-order valence-corrected chi connectivity index (χ2v) is 10.5. The summed E-state index contributed by atoms with van der Waals surface area (Å²) in [6, 6.07) is 21.7. The third kappa shape index (κ3) is 6.21. The summed E-state index contributed by atoms with van der Waals surface area (Å²) in [4.78, 5) is 15.2. The number of rotatable bonds is 8. The second kappa shape index (κ2) is 10.9. The number of benzene rings is 3. The number of nitrogens with one attached hydrogen (secondary N) is 1. The monoisotopic (exact) mass is 493 g/mol. The molecule has 1 heterocycles. The number of hydrogen-bond acceptors (Lipinski definition) is 5. The van der Waals surface area contributed by atoms with Crippen molar-refractivity contribution in [3.8, 4) is 0 Å². The van der Waals surface area contributed by atoms with Crippen LogP contribution in [-0.4, -0.2) is 47.2 Å². The molecule has 0 unspecified atom stereocenters. The molecular formula is C27H31N3O4S. The molecule has 0 spiro atoms. The number of nitrogens with zero attached hydrogens (tertiary/aromatic N) is 2. The van der Waals surface area contributed by atoms with Gasteiger partial charge in [0.25, 0.3) is 10.0 Å². The summed E-state index contributed by atoms with van der Waals surface area (Å²) in [6.07, 6.45) is 0.0146. The minimum atomic E-state index is -3.84. The first-order valence-electron chi connectivity index (χ1n) is 11.7. The highest BCUT2D eigenvalue weighted by Gasteiger charge is 2.25. The molecule has 1 amide bonds. The number of ether oxygens (including phenoxy) is 1. The molecule has 7 nitrogen and oxygen atoms in total. The zero-order chi connectivity index (χ0) is 24.8. The molecule has 0 aromatic heterocycles. The van der Waals surface area contributed by atoms with Crippen molar-refractivity contribution in [1.29, 1.82) is 0 Å². The molecule has 0 radical (unpaired) electrons. The number of amides is 1. The Bertz CT molecular complexity index is 1250. The number of hydrogen-bond donors (Lipinski definition) is 1. The number of anilines is 3. The first-order valence-corrected chi connectivity index (χ1v) is 13.2. The SMILES string of the molecule is Cc1ccc(N(CCC(=O)Nc2cccc(N3CCOCC3)c2)S(=O)(=O)c2ccc(C)cc2)cc1. The molecule has 8 heteroatoms. The predicted molar refractivity (Wildman–Crippen MR) is 140 cm³/mol. The van der Waals surface area contributed by atoms with Crippen LogP contribution in [0.3, 0.4) is 0 Å². The van der Waals surface area contributed by atoms with Crippen molar-refractivity contribution in [3.63, 3.8) is 0 Å². The van der Waals surface area contributed by atoms with Gasteiger partial charge >= 0.3 is 0 Å². The van der Waals surface area contributed by atoms with E-state index in [1.54, 1.807) is 36.4 Å². The average molecular weight is 494 g/mol. The fourth-order valence-electron chi connectivity index (χ4n) is 3.97. The smallest absolute Gasteiger partial charge is 0.264 e. The lowest BCUT2D eigenvalue weighted by Gasteiger charge is -2.29. The Kier molecular flexibility index (Phi) is 7.73. The van der Waals surface area contributed by atoms with Gasteiger partial charge in [-0.2, -0.15) is 0 Å². The lowest BCUT2D eigenvalue weighted by Crippen LogP contribution is -2.36. The van der Waals surface area contributed by atoms with Crippen molar-refractivity contribution in [3.05, 3.63) is 83.9 Å². The lowest BCUT2D eigenvalue weighted by atomic mass is 10.2. The average Bonchev–Trinajstić information content (AvgIpc) is 2.86. The highest BCUT2D eigenvalue weighted by molar-refractivity contribution is 7.92. The largest absolute Gasteiger partial charge is 0.378 e. The van der Waals surface area contributed by atoms with Crippen LogP contribution in [-0.2, 0) is 19.6 Å². The lowest BCUT2D eigenvalue weighted by molar-refractivity contribution is -0.116. The standard InChI is InChI=1S/C27H31N3O4S/c1-21-6-10-24(11-7-21)30(35(32,33)26-12-8-22(2)9-13-26)15-14-27(31)28-23-4-3-5-25(20-23)29-16-18-34-19-17-29/h3-13,20H,14-19H2,1-2H3,(H,28,31). The zero-order valence-electron chi connectivity index (χ0n) is 20.1. The minimum absolute atomic E-state index is 0.0146. The molecule has 0 saturated carbocycles.